The zero-order valence-electron chi connectivity index (χ0n) is 20.0. The molecule has 0 aliphatic carbocycles. The summed E-state index contributed by atoms with van der Waals surface area (Å²) >= 11 is 0. The molecule has 0 spiro atoms. The molecule has 0 radical (unpaired) electrons. The van der Waals surface area contributed by atoms with Gasteiger partial charge < -0.3 is 20.8 Å². The highest BCUT2D eigenvalue weighted by atomic mass is 32.2. The van der Waals surface area contributed by atoms with Crippen LogP contribution in [0.25, 0.3) is 22.6 Å². The molecule has 3 N–H and O–H groups in total. The molecule has 10 nitrogen and oxygen atoms in total. The number of imidazole rings is 1. The van der Waals surface area contributed by atoms with Gasteiger partial charge in [-0.25, -0.2) is 23.4 Å². The van der Waals surface area contributed by atoms with Crippen molar-refractivity contribution in [3.8, 4) is 17.1 Å². The summed E-state index contributed by atoms with van der Waals surface area (Å²) in [6.07, 6.45) is 9.32. The number of benzene rings is 1. The normalized spacial score (nSPS) is 11.9. The van der Waals surface area contributed by atoms with Crippen LogP contribution in [-0.4, -0.2) is 59.6 Å². The number of aromatic nitrogens is 4. The highest BCUT2D eigenvalue weighted by molar-refractivity contribution is 7.90. The molecule has 3 aromatic heterocycles. The Balaban J connectivity index is 1.44. The summed E-state index contributed by atoms with van der Waals surface area (Å²) in [6, 6.07) is 13.4. The van der Waals surface area contributed by atoms with Crippen molar-refractivity contribution in [1.82, 2.24) is 24.7 Å². The van der Waals surface area contributed by atoms with Crippen molar-refractivity contribution in [2.45, 2.75) is 6.54 Å². The van der Waals surface area contributed by atoms with Gasteiger partial charge in [-0.3, -0.25) is 4.40 Å². The van der Waals surface area contributed by atoms with E-state index in [1.165, 1.54) is 18.8 Å². The van der Waals surface area contributed by atoms with Crippen molar-refractivity contribution in [3.63, 3.8) is 0 Å². The lowest BCUT2D eigenvalue weighted by molar-refractivity contribution is 0.341. The number of fused-ring (bicyclic) bond motifs is 1. The maximum Gasteiger partial charge on any atom is 0.150 e. The summed E-state index contributed by atoms with van der Waals surface area (Å²) in [5.74, 6) is 1.18. The Bertz CT molecular complexity index is 1500. The van der Waals surface area contributed by atoms with Gasteiger partial charge in [-0.2, -0.15) is 0 Å². The Morgan fingerprint density at radius 1 is 1.14 bits per heavy atom. The SMILES string of the molecule is CN/C=C(\C=N)c1ccc(CNc2cc(-c3cnc4cc(OCCS(C)(=O)=O)ccn34)ncn2)cc1. The number of allylic oxidation sites excluding steroid dienone is 1. The summed E-state index contributed by atoms with van der Waals surface area (Å²) in [7, 11) is -1.28. The molecule has 0 saturated carbocycles. The highest BCUT2D eigenvalue weighted by Crippen LogP contribution is 2.23. The molecule has 0 aliphatic rings. The molecule has 0 amide bonds. The summed E-state index contributed by atoms with van der Waals surface area (Å²) in [4.78, 5) is 13.2. The first-order chi connectivity index (χ1) is 17.4. The first-order valence-electron chi connectivity index (χ1n) is 11.2. The Labute approximate surface area is 209 Å². The third-order valence-electron chi connectivity index (χ3n) is 5.35. The average Bonchev–Trinajstić information content (AvgIpc) is 3.29. The largest absolute Gasteiger partial charge is 0.492 e. The van der Waals surface area contributed by atoms with E-state index in [1.807, 2.05) is 40.9 Å². The minimum atomic E-state index is -3.08. The zero-order valence-corrected chi connectivity index (χ0v) is 20.8. The fourth-order valence-corrected chi connectivity index (χ4v) is 3.90. The van der Waals surface area contributed by atoms with Crippen LogP contribution in [-0.2, 0) is 16.4 Å². The second-order valence-corrected chi connectivity index (χ2v) is 10.3. The predicted octanol–water partition coefficient (Wildman–Crippen LogP) is 3.04. The standard InChI is InChI=1S/C25H27N7O3S/c1-27-15-20(13-26)19-5-3-18(4-6-19)14-28-24-12-22(30-17-31-24)23-16-29-25-11-21(7-8-32(23)25)35-9-10-36(2,33)34/h3-8,11-13,15-17,26-27H,9-10,14H2,1-2H3,(H,28,30,31)/b20-15+,26-13?. The smallest absolute Gasteiger partial charge is 0.150 e. The van der Waals surface area contributed by atoms with E-state index in [-0.39, 0.29) is 12.4 Å². The van der Waals surface area contributed by atoms with Gasteiger partial charge in [0.05, 0.1) is 23.3 Å². The first-order valence-corrected chi connectivity index (χ1v) is 13.2. The van der Waals surface area contributed by atoms with Crippen molar-refractivity contribution in [3.05, 3.63) is 78.5 Å². The quantitative estimate of drug-likeness (QED) is 0.265. The van der Waals surface area contributed by atoms with Crippen LogP contribution < -0.4 is 15.4 Å². The molecule has 0 atom stereocenters. The summed E-state index contributed by atoms with van der Waals surface area (Å²) in [6.45, 7) is 0.663. The molecule has 3 heterocycles. The number of pyridine rings is 1. The number of anilines is 1. The lowest BCUT2D eigenvalue weighted by Gasteiger charge is -2.09. The van der Waals surface area contributed by atoms with E-state index in [2.05, 4.69) is 25.6 Å². The van der Waals surface area contributed by atoms with Crippen LogP contribution in [0, 0.1) is 5.41 Å². The van der Waals surface area contributed by atoms with E-state index in [9.17, 15) is 8.42 Å². The molecule has 186 valence electrons. The van der Waals surface area contributed by atoms with E-state index in [4.69, 9.17) is 10.1 Å². The van der Waals surface area contributed by atoms with Crippen LogP contribution in [0.15, 0.2) is 67.4 Å². The van der Waals surface area contributed by atoms with Crippen LogP contribution in [0.5, 0.6) is 5.75 Å². The molecule has 0 saturated heterocycles. The molecule has 0 bridgehead atoms. The molecular formula is C25H27N7O3S. The van der Waals surface area contributed by atoms with Gasteiger partial charge in [0, 0.05) is 56.2 Å². The molecule has 0 aliphatic heterocycles. The van der Waals surface area contributed by atoms with Crippen LogP contribution in [0.4, 0.5) is 5.82 Å². The van der Waals surface area contributed by atoms with E-state index in [0.29, 0.717) is 29.5 Å². The fraction of sp³-hybridized carbons (Fsp3) is 0.200. The van der Waals surface area contributed by atoms with E-state index in [0.717, 1.165) is 22.4 Å². The Morgan fingerprint density at radius 2 is 1.94 bits per heavy atom. The zero-order chi connectivity index (χ0) is 25.5. The fourth-order valence-electron chi connectivity index (χ4n) is 3.52. The number of rotatable bonds is 11. The van der Waals surface area contributed by atoms with E-state index in [1.54, 1.807) is 31.6 Å². The van der Waals surface area contributed by atoms with Crippen molar-refractivity contribution in [2.24, 2.45) is 0 Å². The monoisotopic (exact) mass is 505 g/mol. The van der Waals surface area contributed by atoms with Gasteiger partial charge in [0.2, 0.25) is 0 Å². The van der Waals surface area contributed by atoms with Crippen LogP contribution in [0.1, 0.15) is 11.1 Å². The minimum Gasteiger partial charge on any atom is -0.492 e. The molecule has 0 unspecified atom stereocenters. The second kappa shape index (κ2) is 11.0. The van der Waals surface area contributed by atoms with Crippen molar-refractivity contribution >= 4 is 33.1 Å². The van der Waals surface area contributed by atoms with Crippen LogP contribution >= 0.6 is 0 Å². The first kappa shape index (κ1) is 24.9. The summed E-state index contributed by atoms with van der Waals surface area (Å²) < 4.78 is 30.0. The number of nitrogens with zero attached hydrogens (tertiary/aromatic N) is 4. The molecular weight excluding hydrogens is 478 g/mol. The second-order valence-electron chi connectivity index (χ2n) is 8.08. The Morgan fingerprint density at radius 3 is 2.67 bits per heavy atom. The third kappa shape index (κ3) is 6.25. The number of sulfone groups is 1. The van der Waals surface area contributed by atoms with Gasteiger partial charge in [-0.1, -0.05) is 24.3 Å². The van der Waals surface area contributed by atoms with E-state index < -0.39 is 9.84 Å². The number of nitrogens with one attached hydrogen (secondary N) is 3. The minimum absolute atomic E-state index is 0.0447. The molecule has 4 aromatic rings. The van der Waals surface area contributed by atoms with Crippen LogP contribution in [0.2, 0.25) is 0 Å². The van der Waals surface area contributed by atoms with Crippen molar-refractivity contribution in [1.29, 1.82) is 5.41 Å². The third-order valence-corrected chi connectivity index (χ3v) is 6.26. The van der Waals surface area contributed by atoms with Crippen molar-refractivity contribution in [2.75, 3.05) is 31.0 Å². The summed E-state index contributed by atoms with van der Waals surface area (Å²) in [5.41, 5.74) is 4.99. The lowest BCUT2D eigenvalue weighted by atomic mass is 10.1. The molecule has 4 rings (SSSR count). The van der Waals surface area contributed by atoms with Gasteiger partial charge in [0.1, 0.15) is 30.1 Å². The van der Waals surface area contributed by atoms with E-state index >= 15 is 0 Å². The van der Waals surface area contributed by atoms with Gasteiger partial charge in [0.25, 0.3) is 0 Å². The highest BCUT2D eigenvalue weighted by Gasteiger charge is 2.10. The van der Waals surface area contributed by atoms with Gasteiger partial charge >= 0.3 is 0 Å². The maximum absolute atomic E-state index is 11.3. The van der Waals surface area contributed by atoms with Gasteiger partial charge in [-0.15, -0.1) is 0 Å². The predicted molar refractivity (Wildman–Crippen MR) is 141 cm³/mol. The van der Waals surface area contributed by atoms with Gasteiger partial charge in [0.15, 0.2) is 9.84 Å². The maximum atomic E-state index is 11.3. The molecule has 11 heteroatoms. The topological polar surface area (TPSA) is 134 Å². The number of ether oxygens (including phenoxy) is 1. The lowest BCUT2D eigenvalue weighted by Crippen LogP contribution is -2.12. The summed E-state index contributed by atoms with van der Waals surface area (Å²) in [5, 5.41) is 13.8. The molecule has 36 heavy (non-hydrogen) atoms. The van der Waals surface area contributed by atoms with Crippen LogP contribution in [0.3, 0.4) is 0 Å². The Hall–Kier alpha value is -4.25. The number of hydrogen-bond acceptors (Lipinski definition) is 9. The molecule has 1 aromatic carbocycles. The van der Waals surface area contributed by atoms with Crippen molar-refractivity contribution < 1.29 is 13.2 Å². The molecule has 0 fully saturated rings. The van der Waals surface area contributed by atoms with Gasteiger partial charge in [-0.05, 0) is 17.2 Å². The Kier molecular flexibility index (Phi) is 7.59. The average molecular weight is 506 g/mol. The number of hydrogen-bond donors (Lipinski definition) is 3.